The molecule has 0 unspecified atom stereocenters. The molecule has 0 aliphatic heterocycles. The molecule has 0 aliphatic carbocycles. The molecule has 0 aliphatic rings. The van der Waals surface area contributed by atoms with Crippen LogP contribution in [0.1, 0.15) is 0 Å². The Labute approximate surface area is 96.7 Å². The van der Waals surface area contributed by atoms with E-state index in [0.29, 0.717) is 5.56 Å². The van der Waals surface area contributed by atoms with Gasteiger partial charge in [0.25, 0.3) is 0 Å². The van der Waals surface area contributed by atoms with E-state index in [1.807, 2.05) is 30.5 Å². The summed E-state index contributed by atoms with van der Waals surface area (Å²) >= 11 is 0. The zero-order valence-electron chi connectivity index (χ0n) is 8.87. The van der Waals surface area contributed by atoms with E-state index in [0.717, 1.165) is 22.5 Å². The van der Waals surface area contributed by atoms with E-state index in [9.17, 15) is 8.78 Å². The van der Waals surface area contributed by atoms with Crippen molar-refractivity contribution in [2.45, 2.75) is 0 Å². The van der Waals surface area contributed by atoms with E-state index in [1.165, 1.54) is 6.07 Å². The molecule has 0 saturated carbocycles. The van der Waals surface area contributed by atoms with Crippen molar-refractivity contribution >= 4 is 10.9 Å². The van der Waals surface area contributed by atoms with Crippen LogP contribution in [0.3, 0.4) is 0 Å². The highest BCUT2D eigenvalue weighted by atomic mass is 19.2. The third-order valence-electron chi connectivity index (χ3n) is 2.82. The van der Waals surface area contributed by atoms with Gasteiger partial charge in [-0.15, -0.1) is 0 Å². The van der Waals surface area contributed by atoms with Gasteiger partial charge in [0.2, 0.25) is 0 Å². The average Bonchev–Trinajstić information content (AvgIpc) is 2.80. The molecule has 0 saturated heterocycles. The standard InChI is InChI=1S/C14H9F2N/c15-12-5-4-10(8-13(12)16)11-3-1-2-9-6-7-17-14(9)11/h1-8,17H. The van der Waals surface area contributed by atoms with Gasteiger partial charge in [-0.3, -0.25) is 0 Å². The van der Waals surface area contributed by atoms with Gasteiger partial charge < -0.3 is 4.98 Å². The lowest BCUT2D eigenvalue weighted by Gasteiger charge is -2.04. The second kappa shape index (κ2) is 3.70. The molecule has 84 valence electrons. The quantitative estimate of drug-likeness (QED) is 0.646. The van der Waals surface area contributed by atoms with Crippen LogP contribution in [0.15, 0.2) is 48.7 Å². The van der Waals surface area contributed by atoms with Crippen LogP contribution >= 0.6 is 0 Å². The van der Waals surface area contributed by atoms with Crippen LogP contribution in [0.2, 0.25) is 0 Å². The number of hydrogen-bond donors (Lipinski definition) is 1. The van der Waals surface area contributed by atoms with Gasteiger partial charge >= 0.3 is 0 Å². The van der Waals surface area contributed by atoms with Crippen LogP contribution in [0.5, 0.6) is 0 Å². The molecule has 3 rings (SSSR count). The minimum absolute atomic E-state index is 0.664. The monoisotopic (exact) mass is 229 g/mol. The van der Waals surface area contributed by atoms with Crippen molar-refractivity contribution in [1.82, 2.24) is 4.98 Å². The fourth-order valence-electron chi connectivity index (χ4n) is 1.99. The third-order valence-corrected chi connectivity index (χ3v) is 2.82. The number of aromatic nitrogens is 1. The van der Waals surface area contributed by atoms with E-state index in [4.69, 9.17) is 0 Å². The maximum atomic E-state index is 13.2. The summed E-state index contributed by atoms with van der Waals surface area (Å²) in [5.41, 5.74) is 2.46. The van der Waals surface area contributed by atoms with Crippen molar-refractivity contribution in [2.24, 2.45) is 0 Å². The number of H-pyrrole nitrogens is 1. The van der Waals surface area contributed by atoms with E-state index < -0.39 is 11.6 Å². The Morgan fingerprint density at radius 1 is 0.882 bits per heavy atom. The Bertz CT molecular complexity index is 686. The van der Waals surface area contributed by atoms with E-state index in [1.54, 1.807) is 6.07 Å². The maximum absolute atomic E-state index is 13.2. The van der Waals surface area contributed by atoms with Crippen LogP contribution in [0.4, 0.5) is 8.78 Å². The fourth-order valence-corrected chi connectivity index (χ4v) is 1.99. The molecule has 3 aromatic rings. The lowest BCUT2D eigenvalue weighted by Crippen LogP contribution is -1.86. The van der Waals surface area contributed by atoms with Crippen LogP contribution in [0.25, 0.3) is 22.0 Å². The van der Waals surface area contributed by atoms with Crippen LogP contribution in [-0.4, -0.2) is 4.98 Å². The Kier molecular flexibility index (Phi) is 2.18. The molecular weight excluding hydrogens is 220 g/mol. The van der Waals surface area contributed by atoms with Crippen LogP contribution < -0.4 is 0 Å². The summed E-state index contributed by atoms with van der Waals surface area (Å²) in [7, 11) is 0. The third kappa shape index (κ3) is 1.60. The summed E-state index contributed by atoms with van der Waals surface area (Å²) < 4.78 is 26.1. The van der Waals surface area contributed by atoms with Gasteiger partial charge in [0.1, 0.15) is 0 Å². The fraction of sp³-hybridized carbons (Fsp3) is 0. The Balaban J connectivity index is 2.26. The van der Waals surface area contributed by atoms with Gasteiger partial charge in [0, 0.05) is 11.8 Å². The van der Waals surface area contributed by atoms with E-state index in [2.05, 4.69) is 4.98 Å². The summed E-state index contributed by atoms with van der Waals surface area (Å²) in [6, 6.07) is 11.6. The number of fused-ring (bicyclic) bond motifs is 1. The summed E-state index contributed by atoms with van der Waals surface area (Å²) in [4.78, 5) is 3.10. The average molecular weight is 229 g/mol. The molecule has 1 heterocycles. The Hall–Kier alpha value is -2.16. The maximum Gasteiger partial charge on any atom is 0.159 e. The number of benzene rings is 2. The molecule has 0 radical (unpaired) electrons. The molecule has 1 N–H and O–H groups in total. The second-order valence-corrected chi connectivity index (χ2v) is 3.88. The minimum Gasteiger partial charge on any atom is -0.361 e. The molecule has 0 atom stereocenters. The number of hydrogen-bond acceptors (Lipinski definition) is 0. The Morgan fingerprint density at radius 2 is 1.76 bits per heavy atom. The van der Waals surface area contributed by atoms with Gasteiger partial charge in [-0.05, 0) is 29.1 Å². The number of nitrogens with one attached hydrogen (secondary N) is 1. The predicted molar refractivity (Wildman–Crippen MR) is 63.7 cm³/mol. The number of para-hydroxylation sites is 1. The summed E-state index contributed by atoms with van der Waals surface area (Å²) in [6.45, 7) is 0. The summed E-state index contributed by atoms with van der Waals surface area (Å²) in [5, 5.41) is 1.05. The highest BCUT2D eigenvalue weighted by Crippen LogP contribution is 2.28. The first kappa shape index (κ1) is 10.0. The topological polar surface area (TPSA) is 15.8 Å². The second-order valence-electron chi connectivity index (χ2n) is 3.88. The smallest absolute Gasteiger partial charge is 0.159 e. The molecule has 0 fully saturated rings. The van der Waals surface area contributed by atoms with Gasteiger partial charge in [-0.2, -0.15) is 0 Å². The molecular formula is C14H9F2N. The van der Waals surface area contributed by atoms with Crippen molar-refractivity contribution in [3.8, 4) is 11.1 Å². The van der Waals surface area contributed by atoms with Crippen molar-refractivity contribution in [3.63, 3.8) is 0 Å². The van der Waals surface area contributed by atoms with Gasteiger partial charge in [-0.25, -0.2) is 8.78 Å². The largest absolute Gasteiger partial charge is 0.361 e. The van der Waals surface area contributed by atoms with Crippen molar-refractivity contribution < 1.29 is 8.78 Å². The molecule has 0 spiro atoms. The molecule has 1 aromatic heterocycles. The zero-order valence-corrected chi connectivity index (χ0v) is 8.87. The predicted octanol–water partition coefficient (Wildman–Crippen LogP) is 4.11. The SMILES string of the molecule is Fc1ccc(-c2cccc3cc[nH]c23)cc1F. The van der Waals surface area contributed by atoms with Crippen molar-refractivity contribution in [1.29, 1.82) is 0 Å². The lowest BCUT2D eigenvalue weighted by molar-refractivity contribution is 0.509. The lowest BCUT2D eigenvalue weighted by atomic mass is 10.0. The van der Waals surface area contributed by atoms with Gasteiger partial charge in [0.05, 0.1) is 5.52 Å². The molecule has 0 amide bonds. The normalized spacial score (nSPS) is 10.9. The first-order valence-electron chi connectivity index (χ1n) is 5.27. The molecule has 1 nitrogen and oxygen atoms in total. The molecule has 17 heavy (non-hydrogen) atoms. The van der Waals surface area contributed by atoms with Crippen LogP contribution in [0, 0.1) is 11.6 Å². The number of halogens is 2. The van der Waals surface area contributed by atoms with E-state index >= 15 is 0 Å². The highest BCUT2D eigenvalue weighted by Gasteiger charge is 2.07. The first-order valence-corrected chi connectivity index (χ1v) is 5.27. The number of rotatable bonds is 1. The summed E-state index contributed by atoms with van der Waals surface area (Å²) in [6.07, 6.45) is 1.83. The Morgan fingerprint density at radius 3 is 2.59 bits per heavy atom. The minimum atomic E-state index is -0.828. The van der Waals surface area contributed by atoms with E-state index in [-0.39, 0.29) is 0 Å². The summed E-state index contributed by atoms with van der Waals surface area (Å²) in [5.74, 6) is -1.65. The van der Waals surface area contributed by atoms with Crippen molar-refractivity contribution in [3.05, 3.63) is 60.3 Å². The number of aromatic amines is 1. The molecule has 0 bridgehead atoms. The molecule has 3 heteroatoms. The van der Waals surface area contributed by atoms with Gasteiger partial charge in [-0.1, -0.05) is 24.3 Å². The highest BCUT2D eigenvalue weighted by molar-refractivity contribution is 5.94. The van der Waals surface area contributed by atoms with Crippen LogP contribution in [-0.2, 0) is 0 Å². The molecule has 2 aromatic carbocycles. The first-order chi connectivity index (χ1) is 8.25. The van der Waals surface area contributed by atoms with Gasteiger partial charge in [0.15, 0.2) is 11.6 Å². The van der Waals surface area contributed by atoms with Crippen molar-refractivity contribution in [2.75, 3.05) is 0 Å². The zero-order chi connectivity index (χ0) is 11.8.